The fraction of sp³-hybridized carbons (Fsp3) is 0.182. The molecule has 260 valence electrons. The number of ether oxygens (including phenoxy) is 2. The number of anilines is 2. The molecule has 0 fully saturated rings. The summed E-state index contributed by atoms with van der Waals surface area (Å²) in [5.41, 5.74) is 1.87. The second kappa shape index (κ2) is 18.3. The average molecular weight is 759 g/mol. The Morgan fingerprint density at radius 2 is 1.12 bits per heavy atom. The fourth-order valence-electron chi connectivity index (χ4n) is 4.18. The standard InChI is InChI=1S/C17H15Cl2FN2O4.C16H14Cl2FNO3/c1-21-13-4-2-3-9(15(13)20)8-26-16-11(18)5-10(6-12(16)19)17(25)22-7-14(23)24;1-20-13-4-2-3-10(15(13)19)8-23-16-11(17)5-9(6-12(16)18)7-14(21)22/h2-6,21H,7-8H2,1H3,(H,22,25)(H,23,24);2-6,20H,7-8H2,1H3,(H,21,22). The Labute approximate surface area is 299 Å². The maximum atomic E-state index is 14.2. The van der Waals surface area contributed by atoms with Gasteiger partial charge in [-0.25, -0.2) is 8.78 Å². The van der Waals surface area contributed by atoms with Crippen molar-refractivity contribution in [2.24, 2.45) is 0 Å². The lowest BCUT2D eigenvalue weighted by Gasteiger charge is -2.13. The molecule has 0 aliphatic rings. The Balaban J connectivity index is 0.000000267. The van der Waals surface area contributed by atoms with Gasteiger partial charge in [0.2, 0.25) is 0 Å². The Kier molecular flexibility index (Phi) is 14.6. The van der Waals surface area contributed by atoms with Crippen molar-refractivity contribution in [2.45, 2.75) is 19.6 Å². The summed E-state index contributed by atoms with van der Waals surface area (Å²) in [6, 6.07) is 15.2. The van der Waals surface area contributed by atoms with E-state index in [1.54, 1.807) is 50.5 Å². The summed E-state index contributed by atoms with van der Waals surface area (Å²) < 4.78 is 39.3. The van der Waals surface area contributed by atoms with E-state index in [4.69, 9.17) is 66.1 Å². The number of halogens is 6. The third-order valence-corrected chi connectivity index (χ3v) is 7.64. The molecule has 0 spiro atoms. The van der Waals surface area contributed by atoms with Crippen molar-refractivity contribution in [1.82, 2.24) is 5.32 Å². The lowest BCUT2D eigenvalue weighted by molar-refractivity contribution is -0.137. The molecule has 0 unspecified atom stereocenters. The maximum absolute atomic E-state index is 14.2. The van der Waals surface area contributed by atoms with Gasteiger partial charge in [-0.15, -0.1) is 0 Å². The topological polar surface area (TPSA) is 146 Å². The molecule has 4 aromatic rings. The molecule has 0 aromatic heterocycles. The van der Waals surface area contributed by atoms with Crippen LogP contribution in [0.2, 0.25) is 20.1 Å². The van der Waals surface area contributed by atoms with Crippen molar-refractivity contribution < 1.29 is 42.9 Å². The highest BCUT2D eigenvalue weighted by Crippen LogP contribution is 2.36. The van der Waals surface area contributed by atoms with E-state index in [1.165, 1.54) is 24.3 Å². The van der Waals surface area contributed by atoms with Crippen molar-refractivity contribution in [3.8, 4) is 11.5 Å². The first-order valence-electron chi connectivity index (χ1n) is 14.1. The van der Waals surface area contributed by atoms with Crippen LogP contribution < -0.4 is 25.4 Å². The minimum atomic E-state index is -1.18. The molecule has 4 rings (SSSR count). The van der Waals surface area contributed by atoms with Crippen LogP contribution in [0.3, 0.4) is 0 Å². The molecule has 4 aromatic carbocycles. The lowest BCUT2D eigenvalue weighted by atomic mass is 10.1. The van der Waals surface area contributed by atoms with E-state index in [1.807, 2.05) is 0 Å². The molecule has 0 heterocycles. The van der Waals surface area contributed by atoms with E-state index in [0.717, 1.165) is 0 Å². The number of amides is 1. The van der Waals surface area contributed by atoms with Crippen LogP contribution in [0.1, 0.15) is 27.0 Å². The largest absolute Gasteiger partial charge is 0.486 e. The van der Waals surface area contributed by atoms with Crippen molar-refractivity contribution in [1.29, 1.82) is 0 Å². The molecule has 0 aliphatic heterocycles. The molecule has 16 heteroatoms. The molecule has 0 saturated heterocycles. The van der Waals surface area contributed by atoms with Crippen LogP contribution in [0.5, 0.6) is 11.5 Å². The molecule has 5 N–H and O–H groups in total. The number of hydrogen-bond acceptors (Lipinski definition) is 7. The van der Waals surface area contributed by atoms with Gasteiger partial charge in [-0.05, 0) is 42.0 Å². The number of carbonyl (C=O) groups excluding carboxylic acids is 1. The van der Waals surface area contributed by atoms with Crippen LogP contribution >= 0.6 is 46.4 Å². The van der Waals surface area contributed by atoms with E-state index >= 15 is 0 Å². The normalized spacial score (nSPS) is 10.4. The van der Waals surface area contributed by atoms with Crippen molar-refractivity contribution in [3.05, 3.63) is 115 Å². The fourth-order valence-corrected chi connectivity index (χ4v) is 5.42. The van der Waals surface area contributed by atoms with Crippen LogP contribution in [0.25, 0.3) is 0 Å². The van der Waals surface area contributed by atoms with Gasteiger partial charge in [-0.2, -0.15) is 0 Å². The highest BCUT2D eigenvalue weighted by Gasteiger charge is 2.17. The Morgan fingerprint density at radius 3 is 1.51 bits per heavy atom. The van der Waals surface area contributed by atoms with Gasteiger partial charge in [-0.3, -0.25) is 14.4 Å². The van der Waals surface area contributed by atoms with Crippen molar-refractivity contribution in [2.75, 3.05) is 31.3 Å². The Bertz CT molecular complexity index is 1800. The van der Waals surface area contributed by atoms with Gasteiger partial charge in [0.15, 0.2) is 23.1 Å². The summed E-state index contributed by atoms with van der Waals surface area (Å²) in [7, 11) is 3.23. The van der Waals surface area contributed by atoms with E-state index in [-0.39, 0.29) is 56.8 Å². The molecule has 0 aliphatic carbocycles. The first-order chi connectivity index (χ1) is 23.2. The summed E-state index contributed by atoms with van der Waals surface area (Å²) in [6.45, 7) is -0.710. The summed E-state index contributed by atoms with van der Waals surface area (Å²) >= 11 is 24.3. The number of aliphatic carboxylic acids is 2. The summed E-state index contributed by atoms with van der Waals surface area (Å²) in [6.07, 6.45) is -0.196. The predicted molar refractivity (Wildman–Crippen MR) is 185 cm³/mol. The number of rotatable bonds is 13. The number of nitrogens with one attached hydrogen (secondary N) is 3. The van der Waals surface area contributed by atoms with Gasteiger partial charge in [-0.1, -0.05) is 70.7 Å². The molecule has 10 nitrogen and oxygen atoms in total. The molecule has 1 amide bonds. The maximum Gasteiger partial charge on any atom is 0.322 e. The predicted octanol–water partition coefficient (Wildman–Crippen LogP) is 7.95. The quantitative estimate of drug-likeness (QED) is 0.0917. The Hall–Kier alpha value is -4.49. The number of carboxylic acid groups (broad SMARTS) is 2. The van der Waals surface area contributed by atoms with Crippen LogP contribution in [0, 0.1) is 11.6 Å². The smallest absolute Gasteiger partial charge is 0.322 e. The molecule has 0 atom stereocenters. The minimum Gasteiger partial charge on any atom is -0.486 e. The van der Waals surface area contributed by atoms with Gasteiger partial charge in [0, 0.05) is 30.8 Å². The first-order valence-corrected chi connectivity index (χ1v) is 15.6. The van der Waals surface area contributed by atoms with E-state index in [2.05, 4.69) is 16.0 Å². The minimum absolute atomic E-state index is 0.0446. The van der Waals surface area contributed by atoms with Gasteiger partial charge < -0.3 is 35.6 Å². The van der Waals surface area contributed by atoms with E-state index < -0.39 is 36.0 Å². The number of carbonyl (C=O) groups is 3. The SMILES string of the molecule is CNc1cccc(COc2c(Cl)cc(C(=O)NCC(=O)O)cc2Cl)c1F.CNc1cccc(COc2c(Cl)cc(CC(=O)O)cc2Cl)c1F. The third-order valence-electron chi connectivity index (χ3n) is 6.51. The van der Waals surface area contributed by atoms with Crippen molar-refractivity contribution in [3.63, 3.8) is 0 Å². The molecule has 0 radical (unpaired) electrons. The molecule has 0 saturated carbocycles. The second-order valence-electron chi connectivity index (χ2n) is 9.94. The zero-order chi connectivity index (χ0) is 36.2. The highest BCUT2D eigenvalue weighted by atomic mass is 35.5. The van der Waals surface area contributed by atoms with Crippen LogP contribution in [-0.4, -0.2) is 48.7 Å². The number of carboxylic acids is 2. The lowest BCUT2D eigenvalue weighted by Crippen LogP contribution is -2.29. The molecule has 49 heavy (non-hydrogen) atoms. The number of benzene rings is 4. The Morgan fingerprint density at radius 1 is 0.694 bits per heavy atom. The third kappa shape index (κ3) is 11.0. The van der Waals surface area contributed by atoms with Gasteiger partial charge >= 0.3 is 11.9 Å². The molecular formula is C33H29Cl4F2N3O7. The van der Waals surface area contributed by atoms with Crippen molar-refractivity contribution >= 4 is 75.6 Å². The van der Waals surface area contributed by atoms with Crippen LogP contribution in [0.15, 0.2) is 60.7 Å². The monoisotopic (exact) mass is 757 g/mol. The van der Waals surface area contributed by atoms with Crippen LogP contribution in [0.4, 0.5) is 20.2 Å². The van der Waals surface area contributed by atoms with E-state index in [0.29, 0.717) is 28.1 Å². The highest BCUT2D eigenvalue weighted by molar-refractivity contribution is 6.38. The summed E-state index contributed by atoms with van der Waals surface area (Å²) in [5.74, 6) is -3.39. The summed E-state index contributed by atoms with van der Waals surface area (Å²) in [4.78, 5) is 33.1. The zero-order valence-corrected chi connectivity index (χ0v) is 28.8. The first kappa shape index (κ1) is 39.0. The molecular weight excluding hydrogens is 730 g/mol. The van der Waals surface area contributed by atoms with Gasteiger partial charge in [0.05, 0.1) is 37.9 Å². The van der Waals surface area contributed by atoms with E-state index in [9.17, 15) is 23.2 Å². The zero-order valence-electron chi connectivity index (χ0n) is 25.8. The molecule has 0 bridgehead atoms. The van der Waals surface area contributed by atoms with Gasteiger partial charge in [0.1, 0.15) is 19.8 Å². The average Bonchev–Trinajstić information content (AvgIpc) is 3.04. The van der Waals surface area contributed by atoms with Gasteiger partial charge in [0.25, 0.3) is 5.91 Å². The second-order valence-corrected chi connectivity index (χ2v) is 11.6. The number of hydrogen-bond donors (Lipinski definition) is 5. The summed E-state index contributed by atoms with van der Waals surface area (Å²) in [5, 5.41) is 25.5. The van der Waals surface area contributed by atoms with Crippen LogP contribution in [-0.2, 0) is 29.2 Å².